The van der Waals surface area contributed by atoms with E-state index in [1.165, 1.54) is 29.7 Å². The van der Waals surface area contributed by atoms with Crippen molar-refractivity contribution >= 4 is 0 Å². The number of hydrogen-bond donors (Lipinski definition) is 0. The zero-order chi connectivity index (χ0) is 25.2. The molecular formula is C31H44F2. The molecule has 0 N–H and O–H groups in total. The number of aryl methyl sites for hydroxylation is 2. The van der Waals surface area contributed by atoms with E-state index < -0.39 is 0 Å². The van der Waals surface area contributed by atoms with Crippen molar-refractivity contribution in [3.05, 3.63) is 107 Å². The van der Waals surface area contributed by atoms with Gasteiger partial charge in [0.15, 0.2) is 0 Å². The summed E-state index contributed by atoms with van der Waals surface area (Å²) in [6, 6.07) is 22.4. The smallest absolute Gasteiger partial charge is 0.126 e. The summed E-state index contributed by atoms with van der Waals surface area (Å²) in [5.41, 5.74) is 4.67. The molecule has 2 heteroatoms. The van der Waals surface area contributed by atoms with E-state index in [2.05, 4.69) is 58.9 Å². The van der Waals surface area contributed by atoms with Gasteiger partial charge in [-0.2, -0.15) is 0 Å². The summed E-state index contributed by atoms with van der Waals surface area (Å²) < 4.78 is 25.3. The molecule has 0 bridgehead atoms. The van der Waals surface area contributed by atoms with Crippen LogP contribution in [0.25, 0.3) is 0 Å². The van der Waals surface area contributed by atoms with Gasteiger partial charge < -0.3 is 0 Å². The maximum absolute atomic E-state index is 12.9. The minimum absolute atomic E-state index is 0.0822. The average molecular weight is 455 g/mol. The SMILES string of the molecule is CC.CC(C)Cc1ccccc1F.CCc1cccc(F)c1.Cc1ccc(CC(C)C)cc1. The number of hydrogen-bond acceptors (Lipinski definition) is 0. The Bertz CT molecular complexity index is 864. The highest BCUT2D eigenvalue weighted by molar-refractivity contribution is 5.21. The summed E-state index contributed by atoms with van der Waals surface area (Å²) in [5.74, 6) is 1.06. The Morgan fingerprint density at radius 1 is 0.667 bits per heavy atom. The van der Waals surface area contributed by atoms with Crippen molar-refractivity contribution in [1.82, 2.24) is 0 Å². The van der Waals surface area contributed by atoms with Crippen LogP contribution in [0.2, 0.25) is 0 Å². The zero-order valence-electron chi connectivity index (χ0n) is 22.0. The lowest BCUT2D eigenvalue weighted by atomic mass is 10.0. The fourth-order valence-electron chi connectivity index (χ4n) is 3.06. The number of benzene rings is 3. The van der Waals surface area contributed by atoms with E-state index in [9.17, 15) is 8.78 Å². The van der Waals surface area contributed by atoms with E-state index in [1.807, 2.05) is 39.0 Å². The Kier molecular flexibility index (Phi) is 16.7. The van der Waals surface area contributed by atoms with Crippen LogP contribution in [0.15, 0.2) is 72.8 Å². The Labute approximate surface area is 202 Å². The average Bonchev–Trinajstić information content (AvgIpc) is 2.79. The van der Waals surface area contributed by atoms with Gasteiger partial charge in [0.25, 0.3) is 0 Å². The van der Waals surface area contributed by atoms with Crippen molar-refractivity contribution < 1.29 is 8.78 Å². The van der Waals surface area contributed by atoms with E-state index in [4.69, 9.17) is 0 Å². The van der Waals surface area contributed by atoms with Gasteiger partial charge in [-0.15, -0.1) is 0 Å². The summed E-state index contributed by atoms with van der Waals surface area (Å²) in [5, 5.41) is 0. The van der Waals surface area contributed by atoms with Crippen molar-refractivity contribution in [2.24, 2.45) is 11.8 Å². The normalized spacial score (nSPS) is 9.82. The lowest BCUT2D eigenvalue weighted by Crippen LogP contribution is -1.96. The van der Waals surface area contributed by atoms with Crippen molar-refractivity contribution in [1.29, 1.82) is 0 Å². The van der Waals surface area contributed by atoms with Crippen LogP contribution in [0, 0.1) is 30.4 Å². The topological polar surface area (TPSA) is 0 Å². The highest BCUT2D eigenvalue weighted by atomic mass is 19.1. The Balaban J connectivity index is 0.000000450. The third-order valence-electron chi connectivity index (χ3n) is 4.65. The summed E-state index contributed by atoms with van der Waals surface area (Å²) in [6.07, 6.45) is 2.92. The number of rotatable bonds is 5. The van der Waals surface area contributed by atoms with E-state index in [-0.39, 0.29) is 11.6 Å². The van der Waals surface area contributed by atoms with Gasteiger partial charge in [-0.25, -0.2) is 8.78 Å². The zero-order valence-corrected chi connectivity index (χ0v) is 22.0. The largest absolute Gasteiger partial charge is 0.207 e. The highest BCUT2D eigenvalue weighted by Crippen LogP contribution is 2.11. The first-order chi connectivity index (χ1) is 15.7. The summed E-state index contributed by atoms with van der Waals surface area (Å²) in [4.78, 5) is 0. The van der Waals surface area contributed by atoms with Gasteiger partial charge in [-0.3, -0.25) is 0 Å². The van der Waals surface area contributed by atoms with Crippen molar-refractivity contribution in [3.63, 3.8) is 0 Å². The van der Waals surface area contributed by atoms with Crippen LogP contribution in [0.1, 0.15) is 70.7 Å². The molecule has 0 atom stereocenters. The molecule has 3 aromatic carbocycles. The van der Waals surface area contributed by atoms with Crippen LogP contribution in [0.5, 0.6) is 0 Å². The predicted molar refractivity (Wildman–Crippen MR) is 142 cm³/mol. The summed E-state index contributed by atoms with van der Waals surface area (Å²) >= 11 is 0. The first-order valence-electron chi connectivity index (χ1n) is 12.2. The van der Waals surface area contributed by atoms with Gasteiger partial charge in [0.1, 0.15) is 11.6 Å². The van der Waals surface area contributed by atoms with Crippen LogP contribution >= 0.6 is 0 Å². The van der Waals surface area contributed by atoms with Gasteiger partial charge in [-0.1, -0.05) is 109 Å². The molecule has 0 radical (unpaired) electrons. The molecule has 0 saturated heterocycles. The molecular weight excluding hydrogens is 410 g/mol. The van der Waals surface area contributed by atoms with E-state index in [0.717, 1.165) is 29.9 Å². The van der Waals surface area contributed by atoms with Gasteiger partial charge in [0, 0.05) is 0 Å². The molecule has 0 unspecified atom stereocenters. The minimum Gasteiger partial charge on any atom is -0.207 e. The van der Waals surface area contributed by atoms with Crippen LogP contribution in [0.3, 0.4) is 0 Å². The van der Waals surface area contributed by atoms with Crippen LogP contribution in [-0.4, -0.2) is 0 Å². The molecule has 0 amide bonds. The molecule has 0 saturated carbocycles. The molecule has 0 spiro atoms. The third kappa shape index (κ3) is 15.1. The van der Waals surface area contributed by atoms with Crippen molar-refractivity contribution in [3.8, 4) is 0 Å². The maximum Gasteiger partial charge on any atom is 0.126 e. The maximum atomic E-state index is 12.9. The van der Waals surface area contributed by atoms with Gasteiger partial charge >= 0.3 is 0 Å². The Morgan fingerprint density at radius 3 is 1.70 bits per heavy atom. The molecule has 0 fully saturated rings. The third-order valence-corrected chi connectivity index (χ3v) is 4.65. The Hall–Kier alpha value is -2.48. The summed E-state index contributed by atoms with van der Waals surface area (Å²) in [6.45, 7) is 16.8. The molecule has 0 nitrogen and oxygen atoms in total. The van der Waals surface area contributed by atoms with Gasteiger partial charge in [-0.05, 0) is 72.9 Å². The van der Waals surface area contributed by atoms with Crippen molar-refractivity contribution in [2.45, 2.75) is 74.7 Å². The predicted octanol–water partition coefficient (Wildman–Crippen LogP) is 9.63. The fourth-order valence-corrected chi connectivity index (χ4v) is 3.06. The fraction of sp³-hybridized carbons (Fsp3) is 0.419. The molecule has 0 aliphatic rings. The molecule has 182 valence electrons. The quantitative estimate of drug-likeness (QED) is 0.360. The van der Waals surface area contributed by atoms with Crippen LogP contribution in [-0.2, 0) is 19.3 Å². The minimum atomic E-state index is -0.144. The van der Waals surface area contributed by atoms with Gasteiger partial charge in [0.2, 0.25) is 0 Å². The first kappa shape index (κ1) is 30.5. The molecule has 0 aliphatic carbocycles. The molecule has 3 rings (SSSR count). The second-order valence-corrected chi connectivity index (χ2v) is 8.76. The molecule has 0 heterocycles. The molecule has 3 aromatic rings. The van der Waals surface area contributed by atoms with E-state index >= 15 is 0 Å². The van der Waals surface area contributed by atoms with E-state index in [1.54, 1.807) is 18.2 Å². The Morgan fingerprint density at radius 2 is 1.24 bits per heavy atom. The van der Waals surface area contributed by atoms with E-state index in [0.29, 0.717) is 5.92 Å². The second-order valence-electron chi connectivity index (χ2n) is 8.76. The second kappa shape index (κ2) is 18.0. The lowest BCUT2D eigenvalue weighted by Gasteiger charge is -2.04. The lowest BCUT2D eigenvalue weighted by molar-refractivity contribution is 0.574. The van der Waals surface area contributed by atoms with Crippen molar-refractivity contribution in [2.75, 3.05) is 0 Å². The van der Waals surface area contributed by atoms with Crippen LogP contribution < -0.4 is 0 Å². The number of halogens is 2. The summed E-state index contributed by atoms with van der Waals surface area (Å²) in [7, 11) is 0. The highest BCUT2D eigenvalue weighted by Gasteiger charge is 2.01. The standard InChI is InChI=1S/C11H16.C10H13F.C8H9F.C2H6/c1-9(2)8-11-6-4-10(3)5-7-11;1-8(2)7-9-5-3-4-6-10(9)11;1-2-7-4-3-5-8(9)6-7;1-2/h4-7,9H,8H2,1-3H3;3-6,8H,7H2,1-2H3;3-6H,2H2,1H3;1-2H3. The molecule has 33 heavy (non-hydrogen) atoms. The molecule has 0 aromatic heterocycles. The molecule has 0 aliphatic heterocycles. The van der Waals surface area contributed by atoms with Gasteiger partial charge in [0.05, 0.1) is 0 Å². The van der Waals surface area contributed by atoms with Crippen LogP contribution in [0.4, 0.5) is 8.78 Å². The monoisotopic (exact) mass is 454 g/mol. The first-order valence-corrected chi connectivity index (χ1v) is 12.2.